The number of nitrogens with one attached hydrogen (secondary N) is 1. The Morgan fingerprint density at radius 1 is 1.38 bits per heavy atom. The SMILES string of the molecule is COCCNC(=O)C1CCN(S(=O)(=O)c2ccc(C(=O)O)o2)CC1. The summed E-state index contributed by atoms with van der Waals surface area (Å²) in [6.07, 6.45) is 0.787. The Hall–Kier alpha value is -1.91. The van der Waals surface area contributed by atoms with E-state index < -0.39 is 26.8 Å². The van der Waals surface area contributed by atoms with E-state index in [2.05, 4.69) is 5.32 Å². The number of rotatable bonds is 7. The Kier molecular flexibility index (Phi) is 5.97. The lowest BCUT2D eigenvalue weighted by Gasteiger charge is -2.29. The molecule has 0 aromatic carbocycles. The molecule has 1 fully saturated rings. The number of carboxylic acid groups (broad SMARTS) is 1. The topological polar surface area (TPSA) is 126 Å². The molecule has 10 heteroatoms. The van der Waals surface area contributed by atoms with Crippen molar-refractivity contribution in [1.82, 2.24) is 9.62 Å². The molecule has 1 aromatic rings. The van der Waals surface area contributed by atoms with Crippen molar-refractivity contribution in [2.24, 2.45) is 5.92 Å². The predicted molar refractivity (Wildman–Crippen MR) is 82.0 cm³/mol. The van der Waals surface area contributed by atoms with Gasteiger partial charge in [-0.25, -0.2) is 13.2 Å². The third-order valence-electron chi connectivity index (χ3n) is 3.82. The number of aromatic carboxylic acids is 1. The van der Waals surface area contributed by atoms with Gasteiger partial charge in [-0.3, -0.25) is 4.79 Å². The number of ether oxygens (including phenoxy) is 1. The highest BCUT2D eigenvalue weighted by Gasteiger charge is 2.34. The van der Waals surface area contributed by atoms with Crippen LogP contribution in [0.3, 0.4) is 0 Å². The van der Waals surface area contributed by atoms with E-state index in [1.54, 1.807) is 7.11 Å². The number of carbonyl (C=O) groups excluding carboxylic acids is 1. The van der Waals surface area contributed by atoms with Crippen LogP contribution in [-0.2, 0) is 19.6 Å². The van der Waals surface area contributed by atoms with Gasteiger partial charge in [0, 0.05) is 32.7 Å². The summed E-state index contributed by atoms with van der Waals surface area (Å²) in [6.45, 7) is 1.18. The molecular formula is C14H20N2O7S. The van der Waals surface area contributed by atoms with Crippen LogP contribution >= 0.6 is 0 Å². The molecule has 9 nitrogen and oxygen atoms in total. The van der Waals surface area contributed by atoms with Crippen LogP contribution in [0.5, 0.6) is 0 Å². The highest BCUT2D eigenvalue weighted by molar-refractivity contribution is 7.89. The van der Waals surface area contributed by atoms with Gasteiger partial charge in [0.05, 0.1) is 6.61 Å². The molecule has 0 aliphatic carbocycles. The molecule has 2 heterocycles. The van der Waals surface area contributed by atoms with Crippen molar-refractivity contribution in [3.63, 3.8) is 0 Å². The van der Waals surface area contributed by atoms with Crippen LogP contribution in [0.15, 0.2) is 21.6 Å². The van der Waals surface area contributed by atoms with E-state index in [0.717, 1.165) is 12.1 Å². The normalized spacial score (nSPS) is 16.9. The molecule has 1 saturated heterocycles. The summed E-state index contributed by atoms with van der Waals surface area (Å²) in [4.78, 5) is 22.7. The van der Waals surface area contributed by atoms with Gasteiger partial charge in [0.1, 0.15) is 0 Å². The van der Waals surface area contributed by atoms with Crippen molar-refractivity contribution in [2.75, 3.05) is 33.4 Å². The van der Waals surface area contributed by atoms with Crippen molar-refractivity contribution in [1.29, 1.82) is 0 Å². The van der Waals surface area contributed by atoms with E-state index in [0.29, 0.717) is 26.0 Å². The first kappa shape index (κ1) is 18.4. The van der Waals surface area contributed by atoms with Gasteiger partial charge >= 0.3 is 5.97 Å². The van der Waals surface area contributed by atoms with Crippen molar-refractivity contribution in [2.45, 2.75) is 17.9 Å². The number of hydrogen-bond acceptors (Lipinski definition) is 6. The van der Waals surface area contributed by atoms with Crippen LogP contribution in [0, 0.1) is 5.92 Å². The van der Waals surface area contributed by atoms with Gasteiger partial charge in [-0.15, -0.1) is 0 Å². The quantitative estimate of drug-likeness (QED) is 0.662. The predicted octanol–water partition coefficient (Wildman–Crippen LogP) is 0.141. The van der Waals surface area contributed by atoms with Gasteiger partial charge in [0.25, 0.3) is 10.0 Å². The van der Waals surface area contributed by atoms with E-state index in [1.165, 1.54) is 4.31 Å². The Morgan fingerprint density at radius 2 is 2.04 bits per heavy atom. The van der Waals surface area contributed by atoms with E-state index in [9.17, 15) is 18.0 Å². The fraction of sp³-hybridized carbons (Fsp3) is 0.571. The fourth-order valence-corrected chi connectivity index (χ4v) is 3.86. The molecule has 1 aliphatic heterocycles. The summed E-state index contributed by atoms with van der Waals surface area (Å²) in [5.41, 5.74) is 0. The molecule has 0 unspecified atom stereocenters. The first-order chi connectivity index (χ1) is 11.4. The molecule has 2 rings (SSSR count). The van der Waals surface area contributed by atoms with Gasteiger partial charge in [0.2, 0.25) is 16.8 Å². The third-order valence-corrected chi connectivity index (χ3v) is 5.59. The zero-order chi connectivity index (χ0) is 17.7. The van der Waals surface area contributed by atoms with Gasteiger partial charge in [0.15, 0.2) is 0 Å². The van der Waals surface area contributed by atoms with E-state index in [1.807, 2.05) is 0 Å². The zero-order valence-electron chi connectivity index (χ0n) is 13.2. The highest BCUT2D eigenvalue weighted by atomic mass is 32.2. The van der Waals surface area contributed by atoms with Crippen LogP contribution < -0.4 is 5.32 Å². The van der Waals surface area contributed by atoms with Gasteiger partial charge in [-0.05, 0) is 25.0 Å². The number of amides is 1. The van der Waals surface area contributed by atoms with Crippen molar-refractivity contribution < 1.29 is 32.3 Å². The summed E-state index contributed by atoms with van der Waals surface area (Å²) in [7, 11) is -2.35. The number of carboxylic acids is 1. The lowest BCUT2D eigenvalue weighted by atomic mass is 9.97. The lowest BCUT2D eigenvalue weighted by molar-refractivity contribution is -0.126. The summed E-state index contributed by atoms with van der Waals surface area (Å²) >= 11 is 0. The Morgan fingerprint density at radius 3 is 2.58 bits per heavy atom. The monoisotopic (exact) mass is 360 g/mol. The van der Waals surface area contributed by atoms with Gasteiger partial charge in [-0.1, -0.05) is 0 Å². The summed E-state index contributed by atoms with van der Waals surface area (Å²) < 4.78 is 35.8. The molecule has 24 heavy (non-hydrogen) atoms. The average molecular weight is 360 g/mol. The number of nitrogens with zero attached hydrogens (tertiary/aromatic N) is 1. The van der Waals surface area contributed by atoms with Crippen LogP contribution in [0.1, 0.15) is 23.4 Å². The van der Waals surface area contributed by atoms with Crippen molar-refractivity contribution in [3.8, 4) is 0 Å². The fourth-order valence-electron chi connectivity index (χ4n) is 2.48. The van der Waals surface area contributed by atoms with Crippen LogP contribution in [0.25, 0.3) is 0 Å². The first-order valence-corrected chi connectivity index (χ1v) is 8.90. The Bertz CT molecular complexity index is 690. The second-order valence-corrected chi connectivity index (χ2v) is 7.25. The minimum atomic E-state index is -3.89. The number of methoxy groups -OCH3 is 1. The van der Waals surface area contributed by atoms with E-state index >= 15 is 0 Å². The number of sulfonamides is 1. The van der Waals surface area contributed by atoms with Crippen LogP contribution in [0.2, 0.25) is 0 Å². The van der Waals surface area contributed by atoms with E-state index in [4.69, 9.17) is 14.3 Å². The maximum Gasteiger partial charge on any atom is 0.371 e. The van der Waals surface area contributed by atoms with Gasteiger partial charge in [-0.2, -0.15) is 4.31 Å². The number of hydrogen-bond donors (Lipinski definition) is 2. The van der Waals surface area contributed by atoms with E-state index in [-0.39, 0.29) is 24.9 Å². The molecule has 0 atom stereocenters. The highest BCUT2D eigenvalue weighted by Crippen LogP contribution is 2.25. The van der Waals surface area contributed by atoms with Gasteiger partial charge < -0.3 is 19.6 Å². The smallest absolute Gasteiger partial charge is 0.371 e. The molecule has 0 saturated carbocycles. The molecule has 134 valence electrons. The average Bonchev–Trinajstić information content (AvgIpc) is 3.06. The minimum Gasteiger partial charge on any atom is -0.475 e. The second-order valence-electron chi connectivity index (χ2n) is 5.39. The molecule has 1 aromatic heterocycles. The molecule has 1 aliphatic rings. The summed E-state index contributed by atoms with van der Waals surface area (Å²) in [6, 6.07) is 2.23. The van der Waals surface area contributed by atoms with Crippen LogP contribution in [0.4, 0.5) is 0 Å². The number of furan rings is 1. The molecule has 0 radical (unpaired) electrons. The lowest BCUT2D eigenvalue weighted by Crippen LogP contribution is -2.43. The molecule has 0 spiro atoms. The standard InChI is InChI=1S/C14H20N2O7S/c1-22-9-6-15-13(17)10-4-7-16(8-5-10)24(20,21)12-3-2-11(23-12)14(18)19/h2-3,10H,4-9H2,1H3,(H,15,17)(H,18,19). The number of carbonyl (C=O) groups is 2. The number of piperidine rings is 1. The van der Waals surface area contributed by atoms with Crippen LogP contribution in [-0.4, -0.2) is 63.1 Å². The second kappa shape index (κ2) is 7.77. The zero-order valence-corrected chi connectivity index (χ0v) is 14.0. The third kappa shape index (κ3) is 4.13. The maximum absolute atomic E-state index is 12.4. The summed E-state index contributed by atoms with van der Waals surface area (Å²) in [5, 5.41) is 11.1. The largest absolute Gasteiger partial charge is 0.475 e. The van der Waals surface area contributed by atoms with Crippen molar-refractivity contribution >= 4 is 21.9 Å². The minimum absolute atomic E-state index is 0.115. The molecule has 2 N–H and O–H groups in total. The molecule has 1 amide bonds. The first-order valence-electron chi connectivity index (χ1n) is 7.46. The Balaban J connectivity index is 1.95. The van der Waals surface area contributed by atoms with Crippen molar-refractivity contribution in [3.05, 3.63) is 17.9 Å². The molecule has 0 bridgehead atoms. The molecular weight excluding hydrogens is 340 g/mol. The summed E-state index contributed by atoms with van der Waals surface area (Å²) in [5.74, 6) is -2.13. The Labute approximate surface area is 139 Å². The maximum atomic E-state index is 12.4.